The van der Waals surface area contributed by atoms with Crippen LogP contribution >= 0.6 is 15.9 Å². The summed E-state index contributed by atoms with van der Waals surface area (Å²) in [7, 11) is 1.63. The molecular formula is C17H23BrN3O2+. The first-order valence-electron chi connectivity index (χ1n) is 7.78. The number of benzene rings is 1. The second-order valence-corrected chi connectivity index (χ2v) is 7.11. The van der Waals surface area contributed by atoms with Crippen molar-refractivity contribution in [3.63, 3.8) is 0 Å². The summed E-state index contributed by atoms with van der Waals surface area (Å²) in [4.78, 5) is 12.1. The minimum atomic E-state index is -0.725. The predicted molar refractivity (Wildman–Crippen MR) is 90.8 cm³/mol. The first kappa shape index (κ1) is 17.8. The summed E-state index contributed by atoms with van der Waals surface area (Å²) in [6, 6.07) is 8.28. The van der Waals surface area contributed by atoms with Crippen LogP contribution in [0.25, 0.3) is 0 Å². The molecule has 1 aliphatic rings. The maximum absolute atomic E-state index is 12.1. The second kappa shape index (κ2) is 7.33. The number of ether oxygens (including phenoxy) is 1. The molecule has 1 aliphatic carbocycles. The topological polar surface area (TPSA) is 78.7 Å². The van der Waals surface area contributed by atoms with Crippen LogP contribution in [0.1, 0.15) is 38.3 Å². The Kier molecular flexibility index (Phi) is 5.66. The molecule has 0 bridgehead atoms. The standard InChI is InChI=1S/C17H22BrN3O2/c1-11(12-4-7-15(23-3)14(18)8-12)20-9-16(22)21-17(2,10-19)13-5-6-13/h4,7-8,11,13,20H,5-6,9H2,1-3H3,(H,21,22)/p+1/t11-,17-/m1/s1. The van der Waals surface area contributed by atoms with Gasteiger partial charge in [0.1, 0.15) is 17.3 Å². The fraction of sp³-hybridized carbons (Fsp3) is 0.529. The number of hydrogen-bond donors (Lipinski definition) is 2. The molecule has 1 aromatic carbocycles. The second-order valence-electron chi connectivity index (χ2n) is 6.26. The van der Waals surface area contributed by atoms with E-state index < -0.39 is 5.54 Å². The van der Waals surface area contributed by atoms with Gasteiger partial charge >= 0.3 is 0 Å². The van der Waals surface area contributed by atoms with Crippen molar-refractivity contribution in [2.75, 3.05) is 13.7 Å². The molecule has 124 valence electrons. The van der Waals surface area contributed by atoms with Crippen LogP contribution < -0.4 is 15.4 Å². The third kappa shape index (κ3) is 4.46. The first-order chi connectivity index (χ1) is 10.9. The Balaban J connectivity index is 1.88. The fourth-order valence-corrected chi connectivity index (χ4v) is 3.17. The lowest BCUT2D eigenvalue weighted by atomic mass is 9.98. The summed E-state index contributed by atoms with van der Waals surface area (Å²) in [5, 5.41) is 14.1. The minimum Gasteiger partial charge on any atom is -0.496 e. The smallest absolute Gasteiger partial charge is 0.276 e. The molecular weight excluding hydrogens is 358 g/mol. The van der Waals surface area contributed by atoms with Gasteiger partial charge in [-0.2, -0.15) is 5.26 Å². The van der Waals surface area contributed by atoms with Gasteiger partial charge in [0.15, 0.2) is 6.54 Å². The van der Waals surface area contributed by atoms with Gasteiger partial charge in [-0.1, -0.05) is 0 Å². The Morgan fingerprint density at radius 2 is 2.30 bits per heavy atom. The van der Waals surface area contributed by atoms with E-state index in [0.29, 0.717) is 12.5 Å². The highest BCUT2D eigenvalue weighted by atomic mass is 79.9. The van der Waals surface area contributed by atoms with E-state index in [0.717, 1.165) is 28.6 Å². The van der Waals surface area contributed by atoms with Crippen molar-refractivity contribution in [3.8, 4) is 11.8 Å². The molecule has 2 atom stereocenters. The van der Waals surface area contributed by atoms with Gasteiger partial charge in [-0.05, 0) is 66.7 Å². The highest BCUT2D eigenvalue weighted by molar-refractivity contribution is 9.10. The molecule has 0 heterocycles. The van der Waals surface area contributed by atoms with E-state index in [4.69, 9.17) is 4.74 Å². The number of nitrogens with zero attached hydrogens (tertiary/aromatic N) is 1. The molecule has 23 heavy (non-hydrogen) atoms. The Morgan fingerprint density at radius 3 is 2.83 bits per heavy atom. The van der Waals surface area contributed by atoms with Crippen molar-refractivity contribution in [1.29, 1.82) is 5.26 Å². The Morgan fingerprint density at radius 1 is 1.61 bits per heavy atom. The molecule has 5 nitrogen and oxygen atoms in total. The van der Waals surface area contributed by atoms with E-state index in [1.807, 2.05) is 37.4 Å². The third-order valence-electron chi connectivity index (χ3n) is 4.38. The summed E-state index contributed by atoms with van der Waals surface area (Å²) in [5.41, 5.74) is 0.382. The van der Waals surface area contributed by atoms with Crippen LogP contribution in [-0.2, 0) is 4.79 Å². The lowest BCUT2D eigenvalue weighted by molar-refractivity contribution is -0.682. The van der Waals surface area contributed by atoms with Crippen LogP contribution in [0.15, 0.2) is 22.7 Å². The number of nitriles is 1. The summed E-state index contributed by atoms with van der Waals surface area (Å²) < 4.78 is 6.12. The average molecular weight is 381 g/mol. The number of rotatable bonds is 7. The van der Waals surface area contributed by atoms with Gasteiger partial charge in [0.2, 0.25) is 0 Å². The lowest BCUT2D eigenvalue weighted by Crippen LogP contribution is -2.87. The van der Waals surface area contributed by atoms with Crippen LogP contribution in [-0.4, -0.2) is 25.1 Å². The molecule has 0 aliphatic heterocycles. The van der Waals surface area contributed by atoms with Crippen LogP contribution in [0.2, 0.25) is 0 Å². The number of nitrogens with one attached hydrogen (secondary N) is 1. The van der Waals surface area contributed by atoms with Gasteiger partial charge in [-0.15, -0.1) is 0 Å². The highest BCUT2D eigenvalue weighted by Crippen LogP contribution is 2.39. The normalized spacial score (nSPS) is 17.7. The van der Waals surface area contributed by atoms with Gasteiger partial charge in [0, 0.05) is 5.56 Å². The molecule has 0 unspecified atom stereocenters. The van der Waals surface area contributed by atoms with Crippen molar-refractivity contribution in [1.82, 2.24) is 5.32 Å². The Hall–Kier alpha value is -1.58. The van der Waals surface area contributed by atoms with E-state index >= 15 is 0 Å². The number of quaternary nitrogens is 1. The predicted octanol–water partition coefficient (Wildman–Crippen LogP) is 1.89. The maximum atomic E-state index is 12.1. The molecule has 3 N–H and O–H groups in total. The molecule has 1 fully saturated rings. The molecule has 0 aromatic heterocycles. The number of halogens is 1. The molecule has 1 saturated carbocycles. The molecule has 1 amide bonds. The lowest BCUT2D eigenvalue weighted by Gasteiger charge is -2.22. The van der Waals surface area contributed by atoms with Gasteiger partial charge < -0.3 is 15.4 Å². The van der Waals surface area contributed by atoms with Crippen molar-refractivity contribution in [3.05, 3.63) is 28.2 Å². The zero-order valence-corrected chi connectivity index (χ0v) is 15.3. The number of carbonyl (C=O) groups is 1. The summed E-state index contributed by atoms with van der Waals surface area (Å²) in [5.74, 6) is 0.986. The molecule has 2 rings (SSSR count). The Labute approximate surface area is 145 Å². The van der Waals surface area contributed by atoms with Crippen molar-refractivity contribution in [2.24, 2.45) is 5.92 Å². The van der Waals surface area contributed by atoms with Gasteiger partial charge in [-0.25, -0.2) is 0 Å². The average Bonchev–Trinajstić information content (AvgIpc) is 3.37. The maximum Gasteiger partial charge on any atom is 0.276 e. The van der Waals surface area contributed by atoms with Crippen LogP contribution in [0.5, 0.6) is 5.75 Å². The number of hydrogen-bond acceptors (Lipinski definition) is 3. The molecule has 1 aromatic rings. The van der Waals surface area contributed by atoms with Crippen molar-refractivity contribution >= 4 is 21.8 Å². The summed E-state index contributed by atoms with van der Waals surface area (Å²) in [6.45, 7) is 4.16. The first-order valence-corrected chi connectivity index (χ1v) is 8.58. The Bertz CT molecular complexity index is 625. The van der Waals surface area contributed by atoms with Gasteiger partial charge in [0.25, 0.3) is 5.91 Å². The van der Waals surface area contributed by atoms with Crippen LogP contribution in [0.3, 0.4) is 0 Å². The van der Waals surface area contributed by atoms with E-state index in [1.165, 1.54) is 0 Å². The molecule has 0 spiro atoms. The van der Waals surface area contributed by atoms with E-state index in [-0.39, 0.29) is 11.9 Å². The third-order valence-corrected chi connectivity index (χ3v) is 5.00. The summed E-state index contributed by atoms with van der Waals surface area (Å²) in [6.07, 6.45) is 2.04. The minimum absolute atomic E-state index is 0.0969. The zero-order valence-electron chi connectivity index (χ0n) is 13.7. The van der Waals surface area contributed by atoms with Crippen LogP contribution in [0.4, 0.5) is 0 Å². The van der Waals surface area contributed by atoms with Crippen LogP contribution in [0, 0.1) is 17.2 Å². The summed E-state index contributed by atoms with van der Waals surface area (Å²) >= 11 is 3.47. The monoisotopic (exact) mass is 380 g/mol. The number of nitrogens with two attached hydrogens (primary N) is 1. The SMILES string of the molecule is COc1ccc([C@@H](C)[NH2+]CC(=O)N[C@](C)(C#N)C2CC2)cc1Br. The van der Waals surface area contributed by atoms with Crippen molar-refractivity contribution < 1.29 is 14.8 Å². The number of amides is 1. The largest absolute Gasteiger partial charge is 0.496 e. The quantitative estimate of drug-likeness (QED) is 0.757. The van der Waals surface area contributed by atoms with Gasteiger partial charge in [-0.3, -0.25) is 4.79 Å². The van der Waals surface area contributed by atoms with E-state index in [2.05, 4.69) is 27.3 Å². The fourth-order valence-electron chi connectivity index (χ4n) is 2.61. The van der Waals surface area contributed by atoms with E-state index in [1.54, 1.807) is 7.11 Å². The molecule has 0 saturated heterocycles. The van der Waals surface area contributed by atoms with E-state index in [9.17, 15) is 10.1 Å². The van der Waals surface area contributed by atoms with Gasteiger partial charge in [0.05, 0.1) is 17.7 Å². The zero-order chi connectivity index (χ0) is 17.0. The highest BCUT2D eigenvalue weighted by Gasteiger charge is 2.43. The molecule has 6 heteroatoms. The molecule has 0 radical (unpaired) electrons. The number of methoxy groups -OCH3 is 1. The van der Waals surface area contributed by atoms with Crippen molar-refractivity contribution in [2.45, 2.75) is 38.3 Å². The number of carbonyl (C=O) groups excluding carboxylic acids is 1.